The Hall–Kier alpha value is -3.87. The van der Waals surface area contributed by atoms with E-state index in [0.717, 1.165) is 16.8 Å². The maximum absolute atomic E-state index is 15.0. The number of anilines is 1. The molecule has 1 aliphatic carbocycles. The minimum atomic E-state index is -1.72. The van der Waals surface area contributed by atoms with Gasteiger partial charge in [0, 0.05) is 29.4 Å². The van der Waals surface area contributed by atoms with Crippen LogP contribution in [0.15, 0.2) is 71.3 Å². The molecule has 0 fully saturated rings. The van der Waals surface area contributed by atoms with Crippen molar-refractivity contribution in [1.29, 1.82) is 0 Å². The molecule has 3 aliphatic heterocycles. The van der Waals surface area contributed by atoms with Crippen molar-refractivity contribution in [3.05, 3.63) is 88.0 Å². The van der Waals surface area contributed by atoms with Crippen LogP contribution in [-0.4, -0.2) is 29.8 Å². The lowest BCUT2D eigenvalue weighted by Gasteiger charge is -2.50. The number of carbonyl (C=O) groups excluding carboxylic acids is 3. The van der Waals surface area contributed by atoms with E-state index >= 15 is 0 Å². The highest BCUT2D eigenvalue weighted by Gasteiger charge is 2.67. The molecule has 196 valence electrons. The zero-order valence-corrected chi connectivity index (χ0v) is 22.2. The van der Waals surface area contributed by atoms with Crippen LogP contribution in [0.2, 0.25) is 0 Å². The molecule has 2 aromatic carbocycles. The van der Waals surface area contributed by atoms with E-state index in [1.54, 1.807) is 11.8 Å². The van der Waals surface area contributed by atoms with Crippen molar-refractivity contribution in [3.63, 3.8) is 0 Å². The van der Waals surface area contributed by atoms with Gasteiger partial charge in [0.25, 0.3) is 0 Å². The van der Waals surface area contributed by atoms with Gasteiger partial charge in [0.2, 0.25) is 11.8 Å². The van der Waals surface area contributed by atoms with Gasteiger partial charge in [-0.25, -0.2) is 4.79 Å². The van der Waals surface area contributed by atoms with Gasteiger partial charge in [-0.05, 0) is 44.7 Å². The number of benzene rings is 2. The first-order valence-electron chi connectivity index (χ1n) is 13.2. The Labute approximate surface area is 222 Å². The molecule has 0 unspecified atom stereocenters. The molecule has 1 spiro atoms. The summed E-state index contributed by atoms with van der Waals surface area (Å²) >= 11 is 0. The molecule has 38 heavy (non-hydrogen) atoms. The Bertz CT molecular complexity index is 1470. The number of rotatable bonds is 3. The SMILES string of the molecule is CCOC(=O)C1=C(N)OC2=C(C(=O)CCC2)[C@]12C(=O)N1c3c2cccc3[C@@](C)(c2ccccc2)CC1(C)C. The summed E-state index contributed by atoms with van der Waals surface area (Å²) in [5, 5.41) is 0. The Balaban J connectivity index is 1.73. The molecule has 1 amide bonds. The van der Waals surface area contributed by atoms with Gasteiger partial charge in [-0.3, -0.25) is 9.59 Å². The van der Waals surface area contributed by atoms with Crippen LogP contribution in [0.4, 0.5) is 5.69 Å². The molecule has 7 heteroatoms. The first kappa shape index (κ1) is 24.5. The van der Waals surface area contributed by atoms with Crippen molar-refractivity contribution in [2.24, 2.45) is 5.73 Å². The largest absolute Gasteiger partial charge is 0.462 e. The fourth-order valence-corrected chi connectivity index (χ4v) is 7.37. The van der Waals surface area contributed by atoms with Gasteiger partial charge >= 0.3 is 5.97 Å². The van der Waals surface area contributed by atoms with Crippen LogP contribution in [0, 0.1) is 0 Å². The number of Topliss-reactive ketones (excluding diaryl/α,β-unsaturated/α-hetero) is 1. The van der Waals surface area contributed by atoms with E-state index in [9.17, 15) is 14.4 Å². The minimum absolute atomic E-state index is 0.0912. The second kappa shape index (κ2) is 8.06. The van der Waals surface area contributed by atoms with Crippen molar-refractivity contribution in [3.8, 4) is 0 Å². The fourth-order valence-electron chi connectivity index (χ4n) is 7.37. The number of ketones is 1. The second-order valence-corrected chi connectivity index (χ2v) is 11.4. The predicted octanol–water partition coefficient (Wildman–Crippen LogP) is 4.53. The molecule has 0 radical (unpaired) electrons. The van der Waals surface area contributed by atoms with E-state index in [2.05, 4.69) is 25.1 Å². The van der Waals surface area contributed by atoms with Crippen LogP contribution < -0.4 is 10.6 Å². The van der Waals surface area contributed by atoms with Crippen LogP contribution in [0.3, 0.4) is 0 Å². The molecule has 3 heterocycles. The summed E-state index contributed by atoms with van der Waals surface area (Å²) in [6, 6.07) is 16.1. The smallest absolute Gasteiger partial charge is 0.341 e. The monoisotopic (exact) mass is 512 g/mol. The number of nitrogens with two attached hydrogens (primary N) is 1. The second-order valence-electron chi connectivity index (χ2n) is 11.4. The van der Waals surface area contributed by atoms with E-state index in [1.165, 1.54) is 0 Å². The average Bonchev–Trinajstić information content (AvgIpc) is 3.13. The first-order chi connectivity index (χ1) is 18.1. The number of nitrogens with zero attached hydrogens (tertiary/aromatic N) is 1. The summed E-state index contributed by atoms with van der Waals surface area (Å²) in [7, 11) is 0. The molecular weight excluding hydrogens is 480 g/mol. The van der Waals surface area contributed by atoms with Gasteiger partial charge in [-0.2, -0.15) is 0 Å². The number of fused-ring (bicyclic) bond motifs is 2. The van der Waals surface area contributed by atoms with Gasteiger partial charge in [0.1, 0.15) is 16.7 Å². The summed E-state index contributed by atoms with van der Waals surface area (Å²) in [4.78, 5) is 44.0. The first-order valence-corrected chi connectivity index (χ1v) is 13.2. The topological polar surface area (TPSA) is 98.9 Å². The molecule has 0 bridgehead atoms. The zero-order valence-electron chi connectivity index (χ0n) is 22.2. The maximum Gasteiger partial charge on any atom is 0.341 e. The van der Waals surface area contributed by atoms with Crippen molar-refractivity contribution >= 4 is 23.3 Å². The highest BCUT2D eigenvalue weighted by Crippen LogP contribution is 2.63. The summed E-state index contributed by atoms with van der Waals surface area (Å²) in [6.45, 7) is 8.06. The molecular formula is C31H32N2O5. The summed E-state index contributed by atoms with van der Waals surface area (Å²) in [6.07, 6.45) is 1.98. The Morgan fingerprint density at radius 2 is 1.74 bits per heavy atom. The van der Waals surface area contributed by atoms with E-state index in [-0.39, 0.29) is 41.7 Å². The third-order valence-electron chi connectivity index (χ3n) is 8.66. The van der Waals surface area contributed by atoms with Crippen molar-refractivity contribution in [2.45, 2.75) is 69.7 Å². The number of carbonyl (C=O) groups is 3. The molecule has 2 N–H and O–H groups in total. The van der Waals surface area contributed by atoms with Crippen LogP contribution in [-0.2, 0) is 34.7 Å². The number of para-hydroxylation sites is 1. The normalized spacial score (nSPS) is 27.3. The molecule has 7 nitrogen and oxygen atoms in total. The number of amides is 1. The van der Waals surface area contributed by atoms with E-state index in [0.29, 0.717) is 30.6 Å². The van der Waals surface area contributed by atoms with Crippen LogP contribution in [0.25, 0.3) is 0 Å². The van der Waals surface area contributed by atoms with Gasteiger partial charge in [0.15, 0.2) is 5.78 Å². The average molecular weight is 513 g/mol. The summed E-state index contributed by atoms with van der Waals surface area (Å²) in [5.41, 5.74) is 7.22. The zero-order chi connectivity index (χ0) is 27.0. The summed E-state index contributed by atoms with van der Waals surface area (Å²) in [5.74, 6) is -1.09. The molecule has 6 rings (SSSR count). The highest BCUT2D eigenvalue weighted by molar-refractivity contribution is 6.24. The van der Waals surface area contributed by atoms with Crippen LogP contribution >= 0.6 is 0 Å². The molecule has 0 saturated carbocycles. The van der Waals surface area contributed by atoms with E-state index in [4.69, 9.17) is 15.2 Å². The number of hydrogen-bond donors (Lipinski definition) is 1. The predicted molar refractivity (Wildman–Crippen MR) is 142 cm³/mol. The van der Waals surface area contributed by atoms with Crippen LogP contribution in [0.1, 0.15) is 70.1 Å². The van der Waals surface area contributed by atoms with E-state index < -0.39 is 22.3 Å². The fraction of sp³-hybridized carbons (Fsp3) is 0.387. The van der Waals surface area contributed by atoms with Gasteiger partial charge < -0.3 is 20.1 Å². The van der Waals surface area contributed by atoms with Crippen molar-refractivity contribution in [1.82, 2.24) is 0 Å². The summed E-state index contributed by atoms with van der Waals surface area (Å²) < 4.78 is 11.3. The Morgan fingerprint density at radius 3 is 2.45 bits per heavy atom. The van der Waals surface area contributed by atoms with Gasteiger partial charge in [0.05, 0.1) is 17.9 Å². The molecule has 2 atom stereocenters. The van der Waals surface area contributed by atoms with Crippen LogP contribution in [0.5, 0.6) is 0 Å². The van der Waals surface area contributed by atoms with Gasteiger partial charge in [-0.1, -0.05) is 55.5 Å². The molecule has 0 aromatic heterocycles. The lowest BCUT2D eigenvalue weighted by Crippen LogP contribution is -2.58. The molecule has 2 aromatic rings. The minimum Gasteiger partial charge on any atom is -0.462 e. The third kappa shape index (κ3) is 2.93. The third-order valence-corrected chi connectivity index (χ3v) is 8.66. The van der Waals surface area contributed by atoms with Gasteiger partial charge in [-0.15, -0.1) is 0 Å². The van der Waals surface area contributed by atoms with Crippen molar-refractivity contribution in [2.75, 3.05) is 11.5 Å². The number of hydrogen-bond acceptors (Lipinski definition) is 6. The number of ether oxygens (including phenoxy) is 2. The lowest BCUT2D eigenvalue weighted by molar-refractivity contribution is -0.141. The maximum atomic E-state index is 15.0. The highest BCUT2D eigenvalue weighted by atomic mass is 16.5. The van der Waals surface area contributed by atoms with E-state index in [1.807, 2.05) is 44.2 Å². The quantitative estimate of drug-likeness (QED) is 0.607. The Kier molecular flexibility index (Phi) is 5.19. The standard InChI is InChI=1S/C31H32N2O5/c1-5-37-27(35)24-26(32)38-22-16-10-15-21(34)23(22)31(24)20-14-9-13-19-25(20)33(28(31)36)29(2,3)17-30(19,4)18-11-7-6-8-12-18/h6-9,11-14H,5,10,15-17,32H2,1-4H3/t30-,31+/m1/s1. The lowest BCUT2D eigenvalue weighted by atomic mass is 9.63. The number of allylic oxidation sites excluding steroid dienone is 1. The Morgan fingerprint density at radius 1 is 1.03 bits per heavy atom. The molecule has 0 saturated heterocycles. The number of esters is 1. The molecule has 4 aliphatic rings. The van der Waals surface area contributed by atoms with Crippen molar-refractivity contribution < 1.29 is 23.9 Å².